The van der Waals surface area contributed by atoms with E-state index < -0.39 is 0 Å². The average molecular weight is 164 g/mol. The lowest BCUT2D eigenvalue weighted by molar-refractivity contribution is -0.784. The van der Waals surface area contributed by atoms with Gasteiger partial charge in [0.1, 0.15) is 0 Å². The van der Waals surface area contributed by atoms with E-state index in [0.29, 0.717) is 5.01 Å². The topological polar surface area (TPSA) is 45.9 Å². The molecule has 2 rings (SSSR count). The van der Waals surface area contributed by atoms with E-state index >= 15 is 0 Å². The zero-order chi connectivity index (χ0) is 8.55. The molecule has 1 amide bonds. The van der Waals surface area contributed by atoms with Crippen molar-refractivity contribution in [2.45, 2.75) is 13.3 Å². The van der Waals surface area contributed by atoms with Crippen molar-refractivity contribution >= 4 is 12.1 Å². The molecule has 1 unspecified atom stereocenters. The predicted molar refractivity (Wildman–Crippen MR) is 44.1 cm³/mol. The minimum Gasteiger partial charge on any atom is -0.312 e. The van der Waals surface area contributed by atoms with Crippen molar-refractivity contribution in [1.29, 1.82) is 0 Å². The fourth-order valence-electron chi connectivity index (χ4n) is 1.26. The number of quaternary nitrogens is 1. The molecular formula is C8H10N3O+. The van der Waals surface area contributed by atoms with Crippen LogP contribution in [0.4, 0.5) is 0 Å². The van der Waals surface area contributed by atoms with Gasteiger partial charge in [0.15, 0.2) is 0 Å². The van der Waals surface area contributed by atoms with Crippen LogP contribution in [0.5, 0.6) is 0 Å². The highest BCUT2D eigenvalue weighted by molar-refractivity contribution is 5.84. The van der Waals surface area contributed by atoms with Crippen LogP contribution in [0.1, 0.15) is 13.3 Å². The fourth-order valence-corrected chi connectivity index (χ4v) is 1.26. The number of hydrogen-bond acceptors (Lipinski definition) is 3. The summed E-state index contributed by atoms with van der Waals surface area (Å²) in [5, 5.41) is 7.62. The first-order valence-electron chi connectivity index (χ1n) is 3.95. The van der Waals surface area contributed by atoms with Gasteiger partial charge in [0.25, 0.3) is 0 Å². The number of nitrogens with one attached hydrogen (secondary N) is 2. The zero-order valence-electron chi connectivity index (χ0n) is 6.79. The Morgan fingerprint density at radius 3 is 3.25 bits per heavy atom. The maximum absolute atomic E-state index is 11.3. The van der Waals surface area contributed by atoms with Gasteiger partial charge in [0, 0.05) is 11.8 Å². The van der Waals surface area contributed by atoms with E-state index in [4.69, 9.17) is 0 Å². The molecule has 2 aliphatic heterocycles. The van der Waals surface area contributed by atoms with E-state index in [-0.39, 0.29) is 5.91 Å². The third-order valence-corrected chi connectivity index (χ3v) is 1.91. The molecule has 4 heteroatoms. The zero-order valence-corrected chi connectivity index (χ0v) is 6.79. The summed E-state index contributed by atoms with van der Waals surface area (Å²) in [6, 6.07) is 0. The first kappa shape index (κ1) is 7.24. The number of nitrogens with zero attached hydrogens (tertiary/aromatic N) is 1. The Morgan fingerprint density at radius 2 is 2.50 bits per heavy atom. The molecule has 0 aromatic rings. The number of hydrogen-bond donors (Lipinski definition) is 2. The average Bonchev–Trinajstić information content (AvgIpc) is 2.52. The number of amides is 1. The summed E-state index contributed by atoms with van der Waals surface area (Å²) < 4.78 is 0. The molecule has 0 radical (unpaired) electrons. The molecule has 0 aromatic heterocycles. The Bertz CT molecular complexity index is 314. The molecule has 2 N–H and O–H groups in total. The van der Waals surface area contributed by atoms with Gasteiger partial charge >= 0.3 is 5.91 Å². The van der Waals surface area contributed by atoms with Crippen molar-refractivity contribution in [2.75, 3.05) is 0 Å². The van der Waals surface area contributed by atoms with Crippen LogP contribution in [0.15, 0.2) is 28.8 Å². The number of fused-ring (bicyclic) bond motifs is 1. The van der Waals surface area contributed by atoms with Gasteiger partial charge in [-0.25, -0.2) is 4.79 Å². The molecule has 0 bridgehead atoms. The van der Waals surface area contributed by atoms with E-state index in [2.05, 4.69) is 10.4 Å². The summed E-state index contributed by atoms with van der Waals surface area (Å²) in [4.78, 5) is 11.3. The van der Waals surface area contributed by atoms with Gasteiger partial charge < -0.3 is 5.32 Å². The molecule has 62 valence electrons. The second-order valence-corrected chi connectivity index (χ2v) is 2.72. The lowest BCUT2D eigenvalue weighted by Crippen LogP contribution is -3.09. The molecule has 2 heterocycles. The number of carbonyl (C=O) groups is 1. The van der Waals surface area contributed by atoms with Gasteiger partial charge in [0.05, 0.1) is 12.3 Å². The summed E-state index contributed by atoms with van der Waals surface area (Å²) in [5.41, 5.74) is 0.959. The van der Waals surface area contributed by atoms with Crippen molar-refractivity contribution in [3.05, 3.63) is 23.7 Å². The smallest absolute Gasteiger partial charge is 0.312 e. The second-order valence-electron chi connectivity index (χ2n) is 2.72. The SMILES string of the molecule is CCC1=CC(=O)[NH+]2N=CC=C2N1. The Morgan fingerprint density at radius 1 is 1.67 bits per heavy atom. The highest BCUT2D eigenvalue weighted by Crippen LogP contribution is 2.01. The van der Waals surface area contributed by atoms with Crippen LogP contribution >= 0.6 is 0 Å². The molecule has 2 aliphatic rings. The Labute approximate surface area is 70.2 Å². The molecule has 0 aliphatic carbocycles. The number of allylic oxidation sites excluding steroid dienone is 2. The van der Waals surface area contributed by atoms with Crippen LogP contribution in [0.25, 0.3) is 0 Å². The van der Waals surface area contributed by atoms with Crippen molar-refractivity contribution in [3.63, 3.8) is 0 Å². The Hall–Kier alpha value is -1.42. The van der Waals surface area contributed by atoms with Gasteiger partial charge in [-0.05, 0) is 6.42 Å². The third-order valence-electron chi connectivity index (χ3n) is 1.91. The van der Waals surface area contributed by atoms with Crippen LogP contribution in [-0.2, 0) is 4.79 Å². The molecule has 0 fully saturated rings. The van der Waals surface area contributed by atoms with Crippen molar-refractivity contribution in [1.82, 2.24) is 5.32 Å². The molecular weight excluding hydrogens is 154 g/mol. The van der Waals surface area contributed by atoms with E-state index in [0.717, 1.165) is 17.9 Å². The van der Waals surface area contributed by atoms with E-state index in [1.165, 1.54) is 0 Å². The minimum atomic E-state index is 0.00519. The largest absolute Gasteiger partial charge is 0.371 e. The standard InChI is InChI=1S/C8H9N3O/c1-2-6-5-8(12)11-7(10-6)3-4-9-11/h3-5,10H,2H2,1H3/p+1. The molecule has 0 spiro atoms. The molecule has 0 saturated carbocycles. The van der Waals surface area contributed by atoms with Crippen LogP contribution in [-0.4, -0.2) is 12.1 Å². The van der Waals surface area contributed by atoms with Gasteiger partial charge in [-0.3, -0.25) is 0 Å². The van der Waals surface area contributed by atoms with Gasteiger partial charge in [0.2, 0.25) is 5.82 Å². The van der Waals surface area contributed by atoms with E-state index in [9.17, 15) is 4.79 Å². The third kappa shape index (κ3) is 0.967. The van der Waals surface area contributed by atoms with Crippen LogP contribution in [0, 0.1) is 0 Å². The highest BCUT2D eigenvalue weighted by atomic mass is 16.2. The fraction of sp³-hybridized carbons (Fsp3) is 0.250. The van der Waals surface area contributed by atoms with Crippen LogP contribution in [0.2, 0.25) is 0 Å². The quantitative estimate of drug-likeness (QED) is 0.529. The van der Waals surface area contributed by atoms with Crippen LogP contribution < -0.4 is 10.3 Å². The Balaban J connectivity index is 2.31. The van der Waals surface area contributed by atoms with E-state index in [1.54, 1.807) is 12.3 Å². The summed E-state index contributed by atoms with van der Waals surface area (Å²) >= 11 is 0. The number of carbonyl (C=O) groups excluding carboxylic acids is 1. The molecule has 12 heavy (non-hydrogen) atoms. The Kier molecular flexibility index (Phi) is 1.55. The van der Waals surface area contributed by atoms with Gasteiger partial charge in [-0.1, -0.05) is 17.0 Å². The minimum absolute atomic E-state index is 0.00519. The monoisotopic (exact) mass is 164 g/mol. The highest BCUT2D eigenvalue weighted by Gasteiger charge is 2.30. The molecule has 4 nitrogen and oxygen atoms in total. The predicted octanol–water partition coefficient (Wildman–Crippen LogP) is -0.864. The van der Waals surface area contributed by atoms with Crippen molar-refractivity contribution in [3.8, 4) is 0 Å². The molecule has 1 atom stereocenters. The lowest BCUT2D eigenvalue weighted by Gasteiger charge is -2.16. The van der Waals surface area contributed by atoms with Crippen LogP contribution in [0.3, 0.4) is 0 Å². The summed E-state index contributed by atoms with van der Waals surface area (Å²) in [6.45, 7) is 2.01. The van der Waals surface area contributed by atoms with Crippen molar-refractivity contribution in [2.24, 2.45) is 5.10 Å². The maximum Gasteiger partial charge on any atom is 0.371 e. The molecule has 0 saturated heterocycles. The second kappa shape index (κ2) is 2.57. The first-order chi connectivity index (χ1) is 5.81. The lowest BCUT2D eigenvalue weighted by atomic mass is 10.2. The first-order valence-corrected chi connectivity index (χ1v) is 3.95. The van der Waals surface area contributed by atoms with Gasteiger partial charge in [-0.2, -0.15) is 0 Å². The molecule has 0 aromatic carbocycles. The summed E-state index contributed by atoms with van der Waals surface area (Å²) in [6.07, 6.45) is 5.91. The summed E-state index contributed by atoms with van der Waals surface area (Å²) in [7, 11) is 0. The summed E-state index contributed by atoms with van der Waals surface area (Å²) in [5.74, 6) is 0.838. The van der Waals surface area contributed by atoms with Gasteiger partial charge in [-0.15, -0.1) is 0 Å². The normalized spacial score (nSPS) is 26.1. The maximum atomic E-state index is 11.3. The van der Waals surface area contributed by atoms with E-state index in [1.807, 2.05) is 13.0 Å². The van der Waals surface area contributed by atoms with Crippen molar-refractivity contribution < 1.29 is 9.80 Å². The number of rotatable bonds is 1.